The van der Waals surface area contributed by atoms with Crippen LogP contribution in [0.3, 0.4) is 0 Å². The van der Waals surface area contributed by atoms with Crippen LogP contribution < -0.4 is 15.0 Å². The van der Waals surface area contributed by atoms with Gasteiger partial charge in [-0.25, -0.2) is 9.48 Å². The molecule has 0 spiro atoms. The summed E-state index contributed by atoms with van der Waals surface area (Å²) in [6.07, 6.45) is -0.657. The molecule has 0 saturated carbocycles. The van der Waals surface area contributed by atoms with E-state index in [0.29, 0.717) is 22.8 Å². The van der Waals surface area contributed by atoms with Crippen molar-refractivity contribution in [1.29, 1.82) is 0 Å². The third-order valence-corrected chi connectivity index (χ3v) is 3.38. The van der Waals surface area contributed by atoms with Crippen molar-refractivity contribution in [2.24, 2.45) is 0 Å². The van der Waals surface area contributed by atoms with Crippen molar-refractivity contribution in [1.82, 2.24) is 25.0 Å². The van der Waals surface area contributed by atoms with Crippen molar-refractivity contribution in [2.45, 2.75) is 19.9 Å². The van der Waals surface area contributed by atoms with Gasteiger partial charge in [0.05, 0.1) is 6.04 Å². The number of hydrogen-bond donors (Lipinski definition) is 1. The van der Waals surface area contributed by atoms with E-state index in [1.54, 1.807) is 35.8 Å². The van der Waals surface area contributed by atoms with E-state index in [2.05, 4.69) is 25.6 Å². The lowest BCUT2D eigenvalue weighted by Crippen LogP contribution is -2.19. The molecule has 0 saturated heterocycles. The zero-order valence-corrected chi connectivity index (χ0v) is 14.5. The molecule has 0 aliphatic rings. The molecule has 2 aromatic heterocycles. The van der Waals surface area contributed by atoms with E-state index in [9.17, 15) is 4.79 Å². The van der Waals surface area contributed by atoms with Crippen LogP contribution in [0.4, 0.5) is 16.4 Å². The maximum Gasteiger partial charge on any atom is 0.418 e. The number of fused-ring (bicyclic) bond motifs is 1. The van der Waals surface area contributed by atoms with Crippen LogP contribution in [0.1, 0.15) is 19.9 Å². The van der Waals surface area contributed by atoms with Gasteiger partial charge in [0.15, 0.2) is 11.2 Å². The van der Waals surface area contributed by atoms with Crippen molar-refractivity contribution < 1.29 is 9.53 Å². The fraction of sp³-hybridized carbons (Fsp3) is 0.312. The van der Waals surface area contributed by atoms with E-state index in [1.165, 1.54) is 0 Å². The molecule has 3 rings (SSSR count). The average molecular weight is 341 g/mol. The summed E-state index contributed by atoms with van der Waals surface area (Å²) >= 11 is 0. The molecule has 0 atom stereocenters. The normalized spacial score (nSPS) is 10.9. The Kier molecular flexibility index (Phi) is 4.46. The predicted molar refractivity (Wildman–Crippen MR) is 93.9 cm³/mol. The summed E-state index contributed by atoms with van der Waals surface area (Å²) in [5.41, 5.74) is 1.47. The Morgan fingerprint density at radius 3 is 2.56 bits per heavy atom. The number of para-hydroxylation sites is 1. The number of nitrogens with zero attached hydrogens (tertiary/aromatic N) is 6. The van der Waals surface area contributed by atoms with Gasteiger partial charge in [-0.05, 0) is 26.0 Å². The predicted octanol–water partition coefficient (Wildman–Crippen LogP) is 2.48. The second-order valence-corrected chi connectivity index (χ2v) is 5.90. The lowest BCUT2D eigenvalue weighted by molar-refractivity contribution is 0.214. The van der Waals surface area contributed by atoms with Gasteiger partial charge >= 0.3 is 6.09 Å². The van der Waals surface area contributed by atoms with Gasteiger partial charge in [0.1, 0.15) is 0 Å². The highest BCUT2D eigenvalue weighted by Crippen LogP contribution is 2.25. The summed E-state index contributed by atoms with van der Waals surface area (Å²) in [4.78, 5) is 22.6. The topological polar surface area (TPSA) is 98.1 Å². The van der Waals surface area contributed by atoms with Gasteiger partial charge in [0.2, 0.25) is 5.95 Å². The van der Waals surface area contributed by atoms with Gasteiger partial charge in [-0.15, -0.1) is 5.10 Å². The highest BCUT2D eigenvalue weighted by atomic mass is 16.6. The summed E-state index contributed by atoms with van der Waals surface area (Å²) < 4.78 is 7.03. The van der Waals surface area contributed by atoms with Crippen molar-refractivity contribution in [2.75, 3.05) is 24.3 Å². The number of anilines is 2. The first-order chi connectivity index (χ1) is 12.0. The Morgan fingerprint density at radius 2 is 1.92 bits per heavy atom. The minimum atomic E-state index is -0.657. The molecule has 25 heavy (non-hydrogen) atoms. The molecule has 0 radical (unpaired) electrons. The van der Waals surface area contributed by atoms with Gasteiger partial charge < -0.3 is 9.64 Å². The zero-order chi connectivity index (χ0) is 18.0. The third-order valence-electron chi connectivity index (χ3n) is 3.38. The average Bonchev–Trinajstić information content (AvgIpc) is 3.00. The molecule has 9 nitrogen and oxygen atoms in total. The van der Waals surface area contributed by atoms with E-state index in [0.717, 1.165) is 0 Å². The molecule has 0 aliphatic carbocycles. The number of benzene rings is 1. The molecule has 0 bridgehead atoms. The summed E-state index contributed by atoms with van der Waals surface area (Å²) in [7, 11) is 3.61. The molecule has 130 valence electrons. The smallest absolute Gasteiger partial charge is 0.388 e. The summed E-state index contributed by atoms with van der Waals surface area (Å²) in [5.74, 6) is 0.466. The van der Waals surface area contributed by atoms with E-state index < -0.39 is 6.09 Å². The highest BCUT2D eigenvalue weighted by Gasteiger charge is 2.20. The molecule has 1 N–H and O–H groups in total. The quantitative estimate of drug-likeness (QED) is 0.778. The number of rotatable bonds is 4. The van der Waals surface area contributed by atoms with Crippen molar-refractivity contribution >= 4 is 28.9 Å². The van der Waals surface area contributed by atoms with Crippen LogP contribution in [0, 0.1) is 0 Å². The highest BCUT2D eigenvalue weighted by molar-refractivity contribution is 5.88. The van der Waals surface area contributed by atoms with Crippen LogP contribution in [-0.2, 0) is 0 Å². The second kappa shape index (κ2) is 6.71. The van der Waals surface area contributed by atoms with Crippen molar-refractivity contribution in [3.05, 3.63) is 30.3 Å². The number of nitrogens with one attached hydrogen (secondary N) is 1. The van der Waals surface area contributed by atoms with Crippen LogP contribution >= 0.6 is 0 Å². The minimum Gasteiger partial charge on any atom is -0.388 e. The van der Waals surface area contributed by atoms with Gasteiger partial charge in [-0.2, -0.15) is 9.97 Å². The van der Waals surface area contributed by atoms with Crippen LogP contribution in [0.5, 0.6) is 5.88 Å². The Bertz CT molecular complexity index is 890. The molecular weight excluding hydrogens is 322 g/mol. The summed E-state index contributed by atoms with van der Waals surface area (Å²) in [6, 6.07) is 9.07. The van der Waals surface area contributed by atoms with E-state index >= 15 is 0 Å². The molecule has 0 fully saturated rings. The minimum absolute atomic E-state index is 0.0564. The Labute approximate surface area is 144 Å². The molecule has 0 aliphatic heterocycles. The molecule has 0 unspecified atom stereocenters. The van der Waals surface area contributed by atoms with E-state index in [4.69, 9.17) is 4.74 Å². The monoisotopic (exact) mass is 341 g/mol. The lowest BCUT2D eigenvalue weighted by Gasteiger charge is -2.13. The number of carbonyl (C=O) groups excluding carboxylic acids is 1. The zero-order valence-electron chi connectivity index (χ0n) is 14.5. The Balaban J connectivity index is 1.95. The number of aromatic nitrogens is 5. The molecule has 9 heteroatoms. The molecule has 3 aromatic rings. The van der Waals surface area contributed by atoms with Gasteiger partial charge in [-0.3, -0.25) is 5.32 Å². The van der Waals surface area contributed by atoms with Gasteiger partial charge in [0, 0.05) is 19.8 Å². The van der Waals surface area contributed by atoms with Crippen LogP contribution in [-0.4, -0.2) is 45.2 Å². The van der Waals surface area contributed by atoms with Crippen LogP contribution in [0.25, 0.3) is 11.2 Å². The maximum absolute atomic E-state index is 12.2. The molecule has 1 amide bonds. The molecule has 1 aromatic carbocycles. The maximum atomic E-state index is 12.2. The number of carbonyl (C=O) groups is 1. The SMILES string of the molecule is CC(C)n1nnc2c(OC(=O)Nc3ccccc3)nc(N(C)C)nc21. The first-order valence-electron chi connectivity index (χ1n) is 7.80. The number of amides is 1. The second-order valence-electron chi connectivity index (χ2n) is 5.90. The lowest BCUT2D eigenvalue weighted by atomic mass is 10.3. The standard InChI is InChI=1S/C16H19N7O2/c1-10(2)23-13-12(20-21-23)14(19-15(18-13)22(3)4)25-16(24)17-11-8-6-5-7-9-11/h5-10H,1-4H3,(H,17,24). The first kappa shape index (κ1) is 16.6. The Morgan fingerprint density at radius 1 is 1.20 bits per heavy atom. The summed E-state index contributed by atoms with van der Waals surface area (Å²) in [5, 5.41) is 10.8. The van der Waals surface area contributed by atoms with Crippen molar-refractivity contribution in [3.8, 4) is 5.88 Å². The number of ether oxygens (including phenoxy) is 1. The third kappa shape index (κ3) is 3.49. The van der Waals surface area contributed by atoms with Crippen molar-refractivity contribution in [3.63, 3.8) is 0 Å². The van der Waals surface area contributed by atoms with E-state index in [-0.39, 0.29) is 11.9 Å². The van der Waals surface area contributed by atoms with Gasteiger partial charge in [-0.1, -0.05) is 23.4 Å². The van der Waals surface area contributed by atoms with Crippen LogP contribution in [0.2, 0.25) is 0 Å². The summed E-state index contributed by atoms with van der Waals surface area (Å²) in [6.45, 7) is 3.93. The fourth-order valence-electron chi connectivity index (χ4n) is 2.17. The molecular formula is C16H19N7O2. The van der Waals surface area contributed by atoms with E-state index in [1.807, 2.05) is 32.0 Å². The largest absolute Gasteiger partial charge is 0.418 e. The molecule has 2 heterocycles. The van der Waals surface area contributed by atoms with Crippen LogP contribution in [0.15, 0.2) is 30.3 Å². The Hall–Kier alpha value is -3.23. The fourth-order valence-corrected chi connectivity index (χ4v) is 2.17. The first-order valence-corrected chi connectivity index (χ1v) is 7.80. The van der Waals surface area contributed by atoms with Gasteiger partial charge in [0.25, 0.3) is 5.88 Å². The number of hydrogen-bond acceptors (Lipinski definition) is 7.